The van der Waals surface area contributed by atoms with Crippen molar-refractivity contribution in [3.05, 3.63) is 70.2 Å². The Kier molecular flexibility index (Phi) is 282. The molecule has 2 aromatic rings. The average Bonchev–Trinajstić information content (AvgIpc) is 0.920. The van der Waals surface area contributed by atoms with Gasteiger partial charge in [0.05, 0.1) is 78.4 Å². The molecule has 4 N–H and O–H groups in total. The maximum absolute atomic E-state index is 11.8. The number of ether oxygens (including phenoxy) is 6. The summed E-state index contributed by atoms with van der Waals surface area (Å²) in [5.74, 6) is -0.0195. The highest BCUT2D eigenvalue weighted by Crippen LogP contribution is 2.27. The van der Waals surface area contributed by atoms with E-state index in [1.165, 1.54) is 76.7 Å². The van der Waals surface area contributed by atoms with Gasteiger partial charge in [0.15, 0.2) is 6.79 Å². The van der Waals surface area contributed by atoms with Crippen molar-refractivity contribution in [2.24, 2.45) is 56.2 Å². The Labute approximate surface area is 877 Å². The molecule has 0 saturated carbocycles. The topological polar surface area (TPSA) is 273 Å². The van der Waals surface area contributed by atoms with Crippen LogP contribution < -0.4 is 0 Å². The van der Waals surface area contributed by atoms with Crippen molar-refractivity contribution in [1.82, 2.24) is 0 Å². The summed E-state index contributed by atoms with van der Waals surface area (Å²) in [5, 5.41) is 33.3. The first-order valence-corrected chi connectivity index (χ1v) is 40.2. The fourth-order valence-electron chi connectivity index (χ4n) is 6.93. The van der Waals surface area contributed by atoms with E-state index >= 15 is 0 Å². The summed E-state index contributed by atoms with van der Waals surface area (Å²) in [7, 11) is 2.83. The Balaban J connectivity index is -0.0000000214. The number of aliphatic hydroxyl groups is 2. The number of benzene rings is 2. The lowest BCUT2D eigenvalue weighted by molar-refractivity contribution is -0.162. The molecular weight excluding hydrogens is 1770 g/mol. The van der Waals surface area contributed by atoms with Crippen molar-refractivity contribution >= 4 is 63.7 Å². The highest BCUT2D eigenvalue weighted by Gasteiger charge is 2.30. The van der Waals surface area contributed by atoms with Gasteiger partial charge in [-0.3, -0.25) is 38.4 Å². The standard InChI is InChI=1S/C14H28O2.C13H26O2.C10H13Br.C10H14.C8H16O3.C7H14O3.2C7H14O2.C6H12O2.C5H10O2.30CH4/c1-6-9-10-12(7-2)11-16-13(15)14(4,5)8-3;1-5-8-9-12(7-3)10-15-13(14)11(4)6-2;1-3-8(2)9-4-6-10(11)7-5-9;1-3-9(2)10-7-5-4-6-8-10;1-4-8(2,3)7(10)11-6-5-9;1-4-7(2,3)6(9)10-5-8;2*1-5-7(2,3)6(8)9-4;1-4-6(2,3)5(7)8;1-3-4(2)5(6)7;;;;;;;;;;;;;;;;;;;;;;;;;;;;;;/h12H,6-11H2,1-5H3;11-12H,5-10H2,1-4H3;4-8H,3H2,1-2H3;4-9H,3H2,1-2H3;9H,4-6H2,1-3H3;8H,4-5H2,1-3H3;2*5H2,1-4H3;4H2,1-3H3,(H,7,8);4H,3H2,1-2H3,(H,6,7);30*1H4. The van der Waals surface area contributed by atoms with Gasteiger partial charge < -0.3 is 48.8 Å². The predicted octanol–water partition coefficient (Wildman–Crippen LogP) is 41.9. The second-order valence-corrected chi connectivity index (χ2v) is 31.6. The second-order valence-electron chi connectivity index (χ2n) is 30.7. The summed E-state index contributed by atoms with van der Waals surface area (Å²) in [6.07, 6.45) is 18.1. The molecule has 0 aliphatic carbocycles. The molecule has 0 aromatic heterocycles. The number of aliphatic hydroxyl groups excluding tert-OH is 2. The first kappa shape index (κ1) is 256. The first-order chi connectivity index (χ1) is 49.1. The number of hydrogen-bond acceptors (Lipinski definition) is 16. The normalized spacial score (nSPS) is 9.79. The molecule has 0 aliphatic heterocycles. The van der Waals surface area contributed by atoms with E-state index in [9.17, 15) is 38.4 Å². The quantitative estimate of drug-likeness (QED) is 0.0284. The van der Waals surface area contributed by atoms with E-state index in [1.54, 1.807) is 34.6 Å². The van der Waals surface area contributed by atoms with E-state index in [0.29, 0.717) is 49.7 Å². The average molecular weight is 2060 g/mol. The van der Waals surface area contributed by atoms with Crippen LogP contribution in [0, 0.1) is 56.2 Å². The van der Waals surface area contributed by atoms with Crippen molar-refractivity contribution in [3.8, 4) is 0 Å². The molecule has 0 radical (unpaired) electrons. The van der Waals surface area contributed by atoms with Crippen LogP contribution in [0.3, 0.4) is 0 Å². The Morgan fingerprint density at radius 1 is 0.316 bits per heavy atom. The molecule has 0 heterocycles. The van der Waals surface area contributed by atoms with Crippen LogP contribution >= 0.6 is 15.9 Å². The van der Waals surface area contributed by atoms with Gasteiger partial charge in [-0.25, -0.2) is 0 Å². The molecule has 0 amide bonds. The van der Waals surface area contributed by atoms with E-state index in [4.69, 9.17) is 34.6 Å². The van der Waals surface area contributed by atoms with Gasteiger partial charge in [0.1, 0.15) is 6.61 Å². The molecule has 6 unspecified atom stereocenters. The second kappa shape index (κ2) is 150. The maximum atomic E-state index is 11.8. The number of carboxylic acids is 2. The van der Waals surface area contributed by atoms with Crippen molar-refractivity contribution in [2.75, 3.05) is 47.4 Å². The molecular formula is C117H281BrO18. The van der Waals surface area contributed by atoms with Gasteiger partial charge in [-0.15, -0.1) is 0 Å². The molecule has 0 spiro atoms. The molecule has 0 saturated heterocycles. The van der Waals surface area contributed by atoms with Crippen molar-refractivity contribution in [1.29, 1.82) is 0 Å². The summed E-state index contributed by atoms with van der Waals surface area (Å²) in [6, 6.07) is 19.2. The van der Waals surface area contributed by atoms with Crippen LogP contribution in [-0.4, -0.2) is 116 Å². The zero-order chi connectivity index (χ0) is 84.7. The fraction of sp³-hybridized carbons (Fsp3) is 0.829. The van der Waals surface area contributed by atoms with Crippen molar-refractivity contribution in [2.45, 2.75) is 558 Å². The maximum Gasteiger partial charge on any atom is 0.313 e. The molecule has 0 fully saturated rings. The molecule has 0 bridgehead atoms. The van der Waals surface area contributed by atoms with Gasteiger partial charge in [-0.2, -0.15) is 0 Å². The predicted molar refractivity (Wildman–Crippen MR) is 642 cm³/mol. The van der Waals surface area contributed by atoms with Gasteiger partial charge in [-0.1, -0.05) is 444 Å². The molecule has 18 nitrogen and oxygen atoms in total. The van der Waals surface area contributed by atoms with Crippen LogP contribution in [0.1, 0.15) is 569 Å². The number of methoxy groups -OCH3 is 2. The summed E-state index contributed by atoms with van der Waals surface area (Å²) >= 11 is 3.42. The van der Waals surface area contributed by atoms with E-state index in [0.717, 1.165) is 55.8 Å². The van der Waals surface area contributed by atoms with Gasteiger partial charge in [0.2, 0.25) is 0 Å². The molecule has 864 valence electrons. The fourth-order valence-corrected chi connectivity index (χ4v) is 7.19. The number of carboxylic acid groups (broad SMARTS) is 2. The largest absolute Gasteiger partial charge is 0.481 e. The number of halogens is 1. The zero-order valence-electron chi connectivity index (χ0n) is 73.3. The summed E-state index contributed by atoms with van der Waals surface area (Å²) < 4.78 is 30.2. The lowest BCUT2D eigenvalue weighted by Gasteiger charge is -2.22. The lowest BCUT2D eigenvalue weighted by Crippen LogP contribution is -2.27. The summed E-state index contributed by atoms with van der Waals surface area (Å²) in [4.78, 5) is 87.1. The number of esters is 6. The van der Waals surface area contributed by atoms with Crippen LogP contribution in [0.25, 0.3) is 0 Å². The first-order valence-electron chi connectivity index (χ1n) is 39.4. The molecule has 2 aromatic carbocycles. The van der Waals surface area contributed by atoms with E-state index in [1.807, 2.05) is 118 Å². The Bertz CT molecular complexity index is 2480. The van der Waals surface area contributed by atoms with Gasteiger partial charge in [0.25, 0.3) is 0 Å². The molecule has 136 heavy (non-hydrogen) atoms. The van der Waals surface area contributed by atoms with Crippen LogP contribution in [-0.2, 0) is 66.8 Å². The minimum Gasteiger partial charge on any atom is -0.481 e. The Morgan fingerprint density at radius 2 is 0.566 bits per heavy atom. The smallest absolute Gasteiger partial charge is 0.313 e. The van der Waals surface area contributed by atoms with E-state index in [-0.39, 0.29) is 300 Å². The monoisotopic (exact) mass is 2050 g/mol. The lowest BCUT2D eigenvalue weighted by atomic mass is 9.90. The number of hydrogen-bond donors (Lipinski definition) is 4. The highest BCUT2D eigenvalue weighted by molar-refractivity contribution is 9.10. The molecule has 2 rings (SSSR count). The minimum absolute atomic E-state index is 0. The summed E-state index contributed by atoms with van der Waals surface area (Å²) in [5.41, 5.74) is 0.491. The Hall–Kier alpha value is -5.40. The SMILES string of the molecule is C.C.C.C.C.C.C.C.C.C.C.C.C.C.C.C.C.C.C.C.C.C.C.C.C.C.C.C.C.C.CCC(C)(C)C(=O)O.CCC(C)(C)C(=O)OC.CCC(C)(C)C(=O)OC.CCC(C)(C)C(=O)OCCO.CCC(C)(C)C(=O)OCO.CCC(C)C(=O)O.CCC(C)c1ccc(Br)cc1.CCC(C)c1ccccc1.CCCCC(CC)COC(=O)C(C)(C)CC.CCCCC(CC)COC(=O)C(C)CC. The van der Waals surface area contributed by atoms with Gasteiger partial charge >= 0.3 is 47.8 Å². The van der Waals surface area contributed by atoms with Crippen LogP contribution in [0.4, 0.5) is 0 Å². The third-order valence-corrected chi connectivity index (χ3v) is 20.1. The van der Waals surface area contributed by atoms with E-state index in [2.05, 4.69) is 140 Å². The van der Waals surface area contributed by atoms with Crippen molar-refractivity contribution < 1.29 is 87.2 Å². The number of unbranched alkanes of at least 4 members (excludes halogenated alkanes) is 2. The summed E-state index contributed by atoms with van der Waals surface area (Å²) in [6.45, 7) is 59.5. The third kappa shape index (κ3) is 137. The highest BCUT2D eigenvalue weighted by atomic mass is 79.9. The van der Waals surface area contributed by atoms with Crippen LogP contribution in [0.15, 0.2) is 59.1 Å². The Morgan fingerprint density at radius 3 is 0.757 bits per heavy atom. The number of rotatable bonds is 35. The van der Waals surface area contributed by atoms with Crippen molar-refractivity contribution in [3.63, 3.8) is 0 Å². The minimum atomic E-state index is -0.722. The van der Waals surface area contributed by atoms with E-state index < -0.39 is 35.0 Å². The van der Waals surface area contributed by atoms with Crippen LogP contribution in [0.5, 0.6) is 0 Å². The number of carbonyl (C=O) groups is 8. The number of carbonyl (C=O) groups excluding carboxylic acids is 6. The van der Waals surface area contributed by atoms with Crippen LogP contribution in [0.2, 0.25) is 0 Å². The number of aliphatic carboxylic acids is 2. The third-order valence-electron chi connectivity index (χ3n) is 19.6. The van der Waals surface area contributed by atoms with Gasteiger partial charge in [-0.05, 0) is 207 Å². The molecule has 6 atom stereocenters. The zero-order valence-corrected chi connectivity index (χ0v) is 74.9. The van der Waals surface area contributed by atoms with Gasteiger partial charge in [0, 0.05) is 4.47 Å². The molecule has 19 heteroatoms. The molecule has 0 aliphatic rings.